The minimum atomic E-state index is 0.00838. The van der Waals surface area contributed by atoms with Gasteiger partial charge in [-0.15, -0.1) is 0 Å². The first kappa shape index (κ1) is 24.6. The highest BCUT2D eigenvalue weighted by Gasteiger charge is 2.37. The van der Waals surface area contributed by atoms with Crippen molar-refractivity contribution in [3.8, 4) is 11.5 Å². The first-order chi connectivity index (χ1) is 16.0. The van der Waals surface area contributed by atoms with Crippen LogP contribution >= 0.6 is 51.5 Å². The molecule has 1 aliphatic carbocycles. The Bertz CT molecular complexity index is 1070. The van der Waals surface area contributed by atoms with E-state index >= 15 is 0 Å². The van der Waals surface area contributed by atoms with Gasteiger partial charge in [0.1, 0.15) is 10.9 Å². The molecular formula is C25H25BrClNO3S2. The van der Waals surface area contributed by atoms with Gasteiger partial charge >= 0.3 is 0 Å². The average Bonchev–Trinajstić information content (AvgIpc) is 3.08. The third-order valence-electron chi connectivity index (χ3n) is 5.69. The Hall–Kier alpha value is -1.54. The van der Waals surface area contributed by atoms with Gasteiger partial charge in [0.2, 0.25) is 0 Å². The molecule has 0 aromatic heterocycles. The first-order valence-corrected chi connectivity index (χ1v) is 13.5. The molecule has 1 saturated carbocycles. The fourth-order valence-corrected chi connectivity index (χ4v) is 6.20. The number of carbonyl (C=O) groups is 1. The smallest absolute Gasteiger partial charge is 0.266 e. The molecule has 2 aromatic rings. The highest BCUT2D eigenvalue weighted by atomic mass is 79.9. The van der Waals surface area contributed by atoms with Gasteiger partial charge in [-0.1, -0.05) is 67.0 Å². The van der Waals surface area contributed by atoms with Gasteiger partial charge in [-0.25, -0.2) is 0 Å². The summed E-state index contributed by atoms with van der Waals surface area (Å²) < 4.78 is 13.3. The van der Waals surface area contributed by atoms with Gasteiger partial charge in [0, 0.05) is 11.1 Å². The largest absolute Gasteiger partial charge is 0.490 e. The number of nitrogens with zero attached hydrogens (tertiary/aromatic N) is 1. The van der Waals surface area contributed by atoms with Crippen LogP contribution < -0.4 is 9.47 Å². The van der Waals surface area contributed by atoms with Gasteiger partial charge in [-0.05, 0) is 77.2 Å². The number of hydrogen-bond donors (Lipinski definition) is 0. The van der Waals surface area contributed by atoms with Crippen LogP contribution in [0.1, 0.15) is 50.2 Å². The van der Waals surface area contributed by atoms with Gasteiger partial charge in [-0.3, -0.25) is 9.69 Å². The molecule has 0 unspecified atom stereocenters. The molecule has 33 heavy (non-hydrogen) atoms. The molecule has 2 fully saturated rings. The van der Waals surface area contributed by atoms with Crippen molar-refractivity contribution in [2.24, 2.45) is 0 Å². The maximum absolute atomic E-state index is 13.1. The molecule has 8 heteroatoms. The zero-order chi connectivity index (χ0) is 23.4. The zero-order valence-corrected chi connectivity index (χ0v) is 22.3. The van der Waals surface area contributed by atoms with Crippen molar-refractivity contribution in [2.45, 2.75) is 51.7 Å². The van der Waals surface area contributed by atoms with Gasteiger partial charge < -0.3 is 9.47 Å². The second kappa shape index (κ2) is 11.3. The lowest BCUT2D eigenvalue weighted by Gasteiger charge is -2.29. The molecule has 0 radical (unpaired) electrons. The number of thioether (sulfide) groups is 1. The van der Waals surface area contributed by atoms with E-state index in [1.807, 2.05) is 54.3 Å². The molecule has 2 aliphatic rings. The summed E-state index contributed by atoms with van der Waals surface area (Å²) in [6.07, 6.45) is 7.49. The minimum absolute atomic E-state index is 0.00838. The number of amides is 1. The molecule has 0 atom stereocenters. The van der Waals surface area contributed by atoms with Crippen molar-refractivity contribution in [3.63, 3.8) is 0 Å². The molecule has 4 nitrogen and oxygen atoms in total. The Morgan fingerprint density at radius 1 is 1.18 bits per heavy atom. The van der Waals surface area contributed by atoms with E-state index in [1.54, 1.807) is 0 Å². The summed E-state index contributed by atoms with van der Waals surface area (Å²) in [4.78, 5) is 15.6. The predicted molar refractivity (Wildman–Crippen MR) is 143 cm³/mol. The summed E-state index contributed by atoms with van der Waals surface area (Å²) in [6, 6.07) is 11.6. The molecule has 1 saturated heterocycles. The molecule has 2 aromatic carbocycles. The number of carbonyl (C=O) groups excluding carboxylic acids is 1. The number of rotatable bonds is 7. The Kier molecular flexibility index (Phi) is 8.38. The lowest BCUT2D eigenvalue weighted by Crippen LogP contribution is -2.39. The van der Waals surface area contributed by atoms with Crippen LogP contribution in [0.25, 0.3) is 6.08 Å². The van der Waals surface area contributed by atoms with Crippen LogP contribution in [0.2, 0.25) is 5.02 Å². The van der Waals surface area contributed by atoms with E-state index in [-0.39, 0.29) is 11.9 Å². The lowest BCUT2D eigenvalue weighted by molar-refractivity contribution is -0.124. The standard InChI is InChI=1S/C25H25BrClNO3S2/c1-2-30-21-13-17(12-20(26)23(21)31-15-16-8-10-18(27)11-9-16)14-22-24(29)28(25(32)33-22)19-6-4-3-5-7-19/h8-14,19H,2-7,15H2,1H3/b22-14-. The van der Waals surface area contributed by atoms with Gasteiger partial charge in [0.05, 0.1) is 16.0 Å². The summed E-state index contributed by atoms with van der Waals surface area (Å²) in [5, 5.41) is 0.688. The monoisotopic (exact) mass is 565 g/mol. The van der Waals surface area contributed by atoms with Crippen molar-refractivity contribution in [2.75, 3.05) is 6.61 Å². The summed E-state index contributed by atoms with van der Waals surface area (Å²) in [5.74, 6) is 1.25. The Labute approximate surface area is 217 Å². The van der Waals surface area contributed by atoms with E-state index in [4.69, 9.17) is 33.3 Å². The van der Waals surface area contributed by atoms with Crippen LogP contribution in [0.15, 0.2) is 45.8 Å². The molecule has 0 spiro atoms. The van der Waals surface area contributed by atoms with E-state index in [2.05, 4.69) is 15.9 Å². The normalized spacial score (nSPS) is 18.3. The molecule has 4 rings (SSSR count). The van der Waals surface area contributed by atoms with Crippen molar-refractivity contribution < 1.29 is 14.3 Å². The van der Waals surface area contributed by atoms with Crippen molar-refractivity contribution >= 4 is 67.8 Å². The van der Waals surface area contributed by atoms with Crippen LogP contribution in [0, 0.1) is 0 Å². The average molecular weight is 567 g/mol. The van der Waals surface area contributed by atoms with Crippen molar-refractivity contribution in [1.82, 2.24) is 4.90 Å². The number of hydrogen-bond acceptors (Lipinski definition) is 5. The molecule has 1 aliphatic heterocycles. The van der Waals surface area contributed by atoms with Gasteiger partial charge in [0.15, 0.2) is 11.5 Å². The number of benzene rings is 2. The van der Waals surface area contributed by atoms with Gasteiger partial charge in [-0.2, -0.15) is 0 Å². The van der Waals surface area contributed by atoms with E-state index in [0.29, 0.717) is 39.0 Å². The van der Waals surface area contributed by atoms with Gasteiger partial charge in [0.25, 0.3) is 5.91 Å². The van der Waals surface area contributed by atoms with E-state index < -0.39 is 0 Å². The Balaban J connectivity index is 1.55. The quantitative estimate of drug-likeness (QED) is 0.255. The molecule has 174 valence electrons. The summed E-state index contributed by atoms with van der Waals surface area (Å²) in [6.45, 7) is 2.81. The Morgan fingerprint density at radius 2 is 1.91 bits per heavy atom. The summed E-state index contributed by atoms with van der Waals surface area (Å²) in [5.41, 5.74) is 1.86. The Morgan fingerprint density at radius 3 is 2.61 bits per heavy atom. The molecule has 1 heterocycles. The maximum atomic E-state index is 13.1. The fourth-order valence-electron chi connectivity index (χ4n) is 4.10. The van der Waals surface area contributed by atoms with E-state index in [9.17, 15) is 4.79 Å². The number of halogens is 2. The highest BCUT2D eigenvalue weighted by molar-refractivity contribution is 9.10. The highest BCUT2D eigenvalue weighted by Crippen LogP contribution is 2.41. The number of ether oxygens (including phenoxy) is 2. The van der Waals surface area contributed by atoms with Crippen LogP contribution in [0.5, 0.6) is 11.5 Å². The third-order valence-corrected chi connectivity index (χ3v) is 7.86. The maximum Gasteiger partial charge on any atom is 0.266 e. The van der Waals surface area contributed by atoms with E-state index in [1.165, 1.54) is 18.2 Å². The van der Waals surface area contributed by atoms with Crippen molar-refractivity contribution in [1.29, 1.82) is 0 Å². The SMILES string of the molecule is CCOc1cc(/C=C2\SC(=S)N(C3CCCCC3)C2=O)cc(Br)c1OCc1ccc(Cl)cc1. The van der Waals surface area contributed by atoms with E-state index in [0.717, 1.165) is 41.3 Å². The summed E-state index contributed by atoms with van der Waals surface area (Å²) >= 11 is 16.5. The van der Waals surface area contributed by atoms with Crippen LogP contribution in [0.3, 0.4) is 0 Å². The second-order valence-electron chi connectivity index (χ2n) is 8.02. The molecule has 0 bridgehead atoms. The summed E-state index contributed by atoms with van der Waals surface area (Å²) in [7, 11) is 0. The van der Waals surface area contributed by atoms with Crippen LogP contribution in [0.4, 0.5) is 0 Å². The fraction of sp³-hybridized carbons (Fsp3) is 0.360. The third kappa shape index (κ3) is 5.94. The molecule has 0 N–H and O–H groups in total. The zero-order valence-electron chi connectivity index (χ0n) is 18.3. The van der Waals surface area contributed by atoms with Crippen LogP contribution in [-0.2, 0) is 11.4 Å². The minimum Gasteiger partial charge on any atom is -0.490 e. The number of thiocarbonyl (C=S) groups is 1. The topological polar surface area (TPSA) is 38.8 Å². The molecule has 1 amide bonds. The molecular weight excluding hydrogens is 542 g/mol. The predicted octanol–water partition coefficient (Wildman–Crippen LogP) is 7.61. The lowest BCUT2D eigenvalue weighted by atomic mass is 9.94. The van der Waals surface area contributed by atoms with Crippen LogP contribution in [-0.4, -0.2) is 27.8 Å². The first-order valence-electron chi connectivity index (χ1n) is 11.1. The second-order valence-corrected chi connectivity index (χ2v) is 11.0. The van der Waals surface area contributed by atoms with Crippen molar-refractivity contribution in [3.05, 3.63) is 61.9 Å².